The lowest BCUT2D eigenvalue weighted by molar-refractivity contribution is -0.136. The molecular formula is C17H21NO2. The van der Waals surface area contributed by atoms with Gasteiger partial charge in [0.1, 0.15) is 0 Å². The summed E-state index contributed by atoms with van der Waals surface area (Å²) in [5, 5.41) is 0. The normalized spacial score (nSPS) is 18.9. The van der Waals surface area contributed by atoms with Crippen LogP contribution < -0.4 is 0 Å². The number of carbonyl (C=O) groups excluding carboxylic acids is 1. The summed E-state index contributed by atoms with van der Waals surface area (Å²) >= 11 is 0. The average Bonchev–Trinajstić information content (AvgIpc) is 2.45. The standard InChI is InChI=1S/C17H21NO2/c1-12-10-18(11-15-8-6-5-7-9-15)14(3)16(13(12)2)17(19)20-4/h5-10,13H,11H2,1-4H3. The van der Waals surface area contributed by atoms with Crippen LogP contribution in [0.25, 0.3) is 0 Å². The number of allylic oxidation sites excluding steroid dienone is 2. The molecule has 0 fully saturated rings. The zero-order valence-corrected chi connectivity index (χ0v) is 12.5. The summed E-state index contributed by atoms with van der Waals surface area (Å²) in [5.74, 6) is -0.130. The molecule has 20 heavy (non-hydrogen) atoms. The van der Waals surface area contributed by atoms with E-state index in [0.29, 0.717) is 0 Å². The van der Waals surface area contributed by atoms with Crippen molar-refractivity contribution in [3.8, 4) is 0 Å². The van der Waals surface area contributed by atoms with Crippen molar-refractivity contribution in [1.29, 1.82) is 0 Å². The molecule has 106 valence electrons. The smallest absolute Gasteiger partial charge is 0.336 e. The summed E-state index contributed by atoms with van der Waals surface area (Å²) in [5.41, 5.74) is 4.11. The Morgan fingerprint density at radius 3 is 2.50 bits per heavy atom. The summed E-state index contributed by atoms with van der Waals surface area (Å²) in [4.78, 5) is 14.1. The van der Waals surface area contributed by atoms with Gasteiger partial charge in [0.25, 0.3) is 0 Å². The van der Waals surface area contributed by atoms with Crippen molar-refractivity contribution in [2.24, 2.45) is 5.92 Å². The molecule has 3 nitrogen and oxygen atoms in total. The fourth-order valence-electron chi connectivity index (χ4n) is 2.53. The van der Waals surface area contributed by atoms with Crippen LogP contribution in [0.2, 0.25) is 0 Å². The molecular weight excluding hydrogens is 250 g/mol. The predicted octanol–water partition coefficient (Wildman–Crippen LogP) is 3.49. The zero-order valence-electron chi connectivity index (χ0n) is 12.5. The van der Waals surface area contributed by atoms with E-state index in [9.17, 15) is 4.79 Å². The van der Waals surface area contributed by atoms with Gasteiger partial charge in [-0.25, -0.2) is 4.79 Å². The van der Waals surface area contributed by atoms with Crippen LogP contribution in [0.4, 0.5) is 0 Å². The van der Waals surface area contributed by atoms with Gasteiger partial charge in [-0.15, -0.1) is 0 Å². The van der Waals surface area contributed by atoms with E-state index in [2.05, 4.69) is 30.2 Å². The van der Waals surface area contributed by atoms with E-state index >= 15 is 0 Å². The fraction of sp³-hybridized carbons (Fsp3) is 0.353. The topological polar surface area (TPSA) is 29.5 Å². The number of esters is 1. The first-order valence-electron chi connectivity index (χ1n) is 6.82. The maximum atomic E-state index is 12.0. The van der Waals surface area contributed by atoms with Crippen molar-refractivity contribution < 1.29 is 9.53 Å². The second-order valence-corrected chi connectivity index (χ2v) is 5.20. The van der Waals surface area contributed by atoms with Crippen molar-refractivity contribution >= 4 is 5.97 Å². The number of hydrogen-bond donors (Lipinski definition) is 0. The minimum atomic E-state index is -0.236. The summed E-state index contributed by atoms with van der Waals surface area (Å²) in [6.07, 6.45) is 2.12. The number of rotatable bonds is 3. The van der Waals surface area contributed by atoms with Crippen molar-refractivity contribution in [2.45, 2.75) is 27.3 Å². The van der Waals surface area contributed by atoms with E-state index < -0.39 is 0 Å². The molecule has 1 atom stereocenters. The molecule has 0 radical (unpaired) electrons. The Morgan fingerprint density at radius 2 is 1.90 bits per heavy atom. The number of hydrogen-bond acceptors (Lipinski definition) is 3. The minimum Gasteiger partial charge on any atom is -0.466 e. The maximum Gasteiger partial charge on any atom is 0.336 e. The molecule has 0 aromatic heterocycles. The molecule has 1 aliphatic rings. The quantitative estimate of drug-likeness (QED) is 0.788. The van der Waals surface area contributed by atoms with E-state index in [-0.39, 0.29) is 11.9 Å². The molecule has 1 unspecified atom stereocenters. The van der Waals surface area contributed by atoms with Crippen molar-refractivity contribution in [2.75, 3.05) is 7.11 Å². The Balaban J connectivity index is 2.33. The van der Waals surface area contributed by atoms with Gasteiger partial charge in [0.2, 0.25) is 0 Å². The highest BCUT2D eigenvalue weighted by Gasteiger charge is 2.28. The first kappa shape index (κ1) is 14.4. The lowest BCUT2D eigenvalue weighted by Crippen LogP contribution is -2.28. The van der Waals surface area contributed by atoms with Crippen molar-refractivity contribution in [3.05, 3.63) is 58.9 Å². The second kappa shape index (κ2) is 5.95. The monoisotopic (exact) mass is 271 g/mol. The molecule has 0 bridgehead atoms. The van der Waals surface area contributed by atoms with E-state index in [1.165, 1.54) is 18.2 Å². The highest BCUT2D eigenvalue weighted by atomic mass is 16.5. The van der Waals surface area contributed by atoms with Gasteiger partial charge in [-0.3, -0.25) is 0 Å². The van der Waals surface area contributed by atoms with E-state index in [1.54, 1.807) is 0 Å². The molecule has 2 rings (SSSR count). The van der Waals surface area contributed by atoms with Crippen LogP contribution in [0.5, 0.6) is 0 Å². The summed E-state index contributed by atoms with van der Waals surface area (Å²) < 4.78 is 4.93. The van der Waals surface area contributed by atoms with Crippen LogP contribution >= 0.6 is 0 Å². The molecule has 0 amide bonds. The molecule has 1 heterocycles. The third kappa shape index (κ3) is 2.77. The Labute approximate surface area is 120 Å². The Kier molecular flexibility index (Phi) is 4.28. The van der Waals surface area contributed by atoms with Gasteiger partial charge in [0, 0.05) is 24.4 Å². The first-order chi connectivity index (χ1) is 9.54. The van der Waals surface area contributed by atoms with Crippen LogP contribution in [-0.4, -0.2) is 18.0 Å². The third-order valence-electron chi connectivity index (χ3n) is 3.90. The second-order valence-electron chi connectivity index (χ2n) is 5.20. The molecule has 0 saturated carbocycles. The third-order valence-corrected chi connectivity index (χ3v) is 3.90. The van der Waals surface area contributed by atoms with Crippen molar-refractivity contribution in [1.82, 2.24) is 4.90 Å². The molecule has 3 heteroatoms. The first-order valence-corrected chi connectivity index (χ1v) is 6.82. The molecule has 1 aromatic rings. The van der Waals surface area contributed by atoms with Gasteiger partial charge in [0.05, 0.1) is 12.7 Å². The number of carbonyl (C=O) groups is 1. The highest BCUT2D eigenvalue weighted by Crippen LogP contribution is 2.31. The molecule has 0 saturated heterocycles. The van der Waals surface area contributed by atoms with Gasteiger partial charge in [-0.1, -0.05) is 37.3 Å². The van der Waals surface area contributed by atoms with Gasteiger partial charge >= 0.3 is 5.97 Å². The molecule has 1 aromatic carbocycles. The van der Waals surface area contributed by atoms with Gasteiger partial charge in [0.15, 0.2) is 0 Å². The largest absolute Gasteiger partial charge is 0.466 e. The van der Waals surface area contributed by atoms with Gasteiger partial charge in [-0.05, 0) is 25.0 Å². The van der Waals surface area contributed by atoms with E-state index in [0.717, 1.165) is 17.8 Å². The SMILES string of the molecule is COC(=O)C1=C(C)N(Cc2ccccc2)C=C(C)C1C. The van der Waals surface area contributed by atoms with Crippen LogP contribution in [0.1, 0.15) is 26.3 Å². The van der Waals surface area contributed by atoms with Crippen LogP contribution in [0, 0.1) is 5.92 Å². The zero-order chi connectivity index (χ0) is 14.7. The molecule has 0 spiro atoms. The molecule has 0 N–H and O–H groups in total. The van der Waals surface area contributed by atoms with Crippen LogP contribution in [-0.2, 0) is 16.1 Å². The number of nitrogens with zero attached hydrogens (tertiary/aromatic N) is 1. The van der Waals surface area contributed by atoms with Crippen molar-refractivity contribution in [3.63, 3.8) is 0 Å². The highest BCUT2D eigenvalue weighted by molar-refractivity contribution is 5.90. The fourth-order valence-corrected chi connectivity index (χ4v) is 2.53. The number of ether oxygens (including phenoxy) is 1. The Bertz CT molecular complexity index is 558. The summed E-state index contributed by atoms with van der Waals surface area (Å²) in [6.45, 7) is 6.84. The molecule has 1 aliphatic heterocycles. The lowest BCUT2D eigenvalue weighted by Gasteiger charge is -2.32. The Hall–Kier alpha value is -2.03. The van der Waals surface area contributed by atoms with Gasteiger partial charge < -0.3 is 9.64 Å². The summed E-state index contributed by atoms with van der Waals surface area (Å²) in [6, 6.07) is 10.2. The van der Waals surface area contributed by atoms with Crippen LogP contribution in [0.3, 0.4) is 0 Å². The molecule has 0 aliphatic carbocycles. The maximum absolute atomic E-state index is 12.0. The van der Waals surface area contributed by atoms with Crippen LogP contribution in [0.15, 0.2) is 53.4 Å². The van der Waals surface area contributed by atoms with E-state index in [4.69, 9.17) is 4.74 Å². The lowest BCUT2D eigenvalue weighted by atomic mass is 9.89. The minimum absolute atomic E-state index is 0.106. The van der Waals surface area contributed by atoms with Gasteiger partial charge in [-0.2, -0.15) is 0 Å². The predicted molar refractivity (Wildman–Crippen MR) is 79.6 cm³/mol. The summed E-state index contributed by atoms with van der Waals surface area (Å²) in [7, 11) is 1.44. The Morgan fingerprint density at radius 1 is 1.25 bits per heavy atom. The van der Waals surface area contributed by atoms with E-state index in [1.807, 2.05) is 32.0 Å². The number of benzene rings is 1. The average molecular weight is 271 g/mol. The number of methoxy groups -OCH3 is 1.